The average molecular weight is 352 g/mol. The number of hydrogen-bond donors (Lipinski definition) is 0. The molecule has 0 fully saturated rings. The van der Waals surface area contributed by atoms with Crippen molar-refractivity contribution in [1.29, 1.82) is 0 Å². The van der Waals surface area contributed by atoms with Crippen LogP contribution in [0.5, 0.6) is 0 Å². The molecule has 0 bridgehead atoms. The van der Waals surface area contributed by atoms with Gasteiger partial charge >= 0.3 is 6.18 Å². The third kappa shape index (κ3) is 4.15. The second kappa shape index (κ2) is 5.16. The molecule has 0 radical (unpaired) electrons. The Kier molecular flexibility index (Phi) is 4.49. The van der Waals surface area contributed by atoms with Crippen LogP contribution in [-0.2, 0) is 9.84 Å². The van der Waals surface area contributed by atoms with Gasteiger partial charge in [-0.05, 0) is 24.3 Å². The molecule has 1 aromatic rings. The van der Waals surface area contributed by atoms with Gasteiger partial charge in [0.15, 0.2) is 9.84 Å². The van der Waals surface area contributed by atoms with Gasteiger partial charge in [-0.3, -0.25) is 0 Å². The van der Waals surface area contributed by atoms with Crippen LogP contribution >= 0.6 is 27.5 Å². The van der Waals surface area contributed by atoms with Crippen LogP contribution in [0.2, 0.25) is 5.02 Å². The van der Waals surface area contributed by atoms with Gasteiger partial charge in [-0.1, -0.05) is 27.5 Å². The van der Waals surface area contributed by atoms with Gasteiger partial charge in [-0.15, -0.1) is 0 Å². The summed E-state index contributed by atoms with van der Waals surface area (Å²) in [7, 11) is -3.98. The summed E-state index contributed by atoms with van der Waals surface area (Å²) in [6.45, 7) is 0. The molecule has 8 heteroatoms. The fourth-order valence-electron chi connectivity index (χ4n) is 1.03. The summed E-state index contributed by atoms with van der Waals surface area (Å²) in [5.74, 6) is -1.04. The summed E-state index contributed by atoms with van der Waals surface area (Å²) in [5.41, 5.74) is 0. The van der Waals surface area contributed by atoms with Crippen molar-refractivity contribution in [1.82, 2.24) is 0 Å². The lowest BCUT2D eigenvalue weighted by molar-refractivity contribution is -0.123. The Morgan fingerprint density at radius 1 is 1.24 bits per heavy atom. The second-order valence-electron chi connectivity index (χ2n) is 3.24. The first-order valence-corrected chi connectivity index (χ1v) is 7.26. The van der Waals surface area contributed by atoms with Crippen LogP contribution in [0.25, 0.3) is 0 Å². The highest BCUT2D eigenvalue weighted by Gasteiger charge is 2.40. The van der Waals surface area contributed by atoms with Crippen molar-refractivity contribution in [3.8, 4) is 0 Å². The number of sulfone groups is 1. The minimum Gasteiger partial charge on any atom is -0.224 e. The van der Waals surface area contributed by atoms with Gasteiger partial charge in [0.2, 0.25) is 0 Å². The van der Waals surface area contributed by atoms with Crippen LogP contribution in [0.1, 0.15) is 0 Å². The van der Waals surface area contributed by atoms with E-state index in [1.165, 1.54) is 24.3 Å². The zero-order valence-electron chi connectivity index (χ0n) is 8.21. The summed E-state index contributed by atoms with van der Waals surface area (Å²) in [5, 5.41) is 0.315. The van der Waals surface area contributed by atoms with E-state index >= 15 is 0 Å². The van der Waals surface area contributed by atoms with E-state index in [-0.39, 0.29) is 4.90 Å². The third-order valence-electron chi connectivity index (χ3n) is 1.89. The third-order valence-corrected chi connectivity index (χ3v) is 5.18. The van der Waals surface area contributed by atoms with Crippen LogP contribution in [0.15, 0.2) is 29.2 Å². The minimum atomic E-state index is -4.60. The smallest absolute Gasteiger partial charge is 0.224 e. The molecular formula is C9H7BrClF3O2S. The summed E-state index contributed by atoms with van der Waals surface area (Å²) < 4.78 is 59.9. The molecule has 2 nitrogen and oxygen atoms in total. The van der Waals surface area contributed by atoms with Gasteiger partial charge in [0.25, 0.3) is 0 Å². The molecule has 0 N–H and O–H groups in total. The highest BCUT2D eigenvalue weighted by molar-refractivity contribution is 9.09. The Balaban J connectivity index is 2.94. The Hall–Kier alpha value is -0.270. The van der Waals surface area contributed by atoms with Crippen molar-refractivity contribution < 1.29 is 21.6 Å². The minimum absolute atomic E-state index is 0.185. The van der Waals surface area contributed by atoms with E-state index in [1.807, 2.05) is 0 Å². The van der Waals surface area contributed by atoms with E-state index < -0.39 is 26.6 Å². The zero-order valence-corrected chi connectivity index (χ0v) is 11.4. The highest BCUT2D eigenvalue weighted by atomic mass is 79.9. The molecule has 96 valence electrons. The van der Waals surface area contributed by atoms with Crippen molar-refractivity contribution >= 4 is 37.4 Å². The van der Waals surface area contributed by atoms with Crippen LogP contribution in [0, 0.1) is 0 Å². The number of rotatable bonds is 3. The SMILES string of the molecule is O=S(=O)(CC(Br)C(F)(F)F)c1ccc(Cl)cc1. The quantitative estimate of drug-likeness (QED) is 0.782. The molecule has 0 amide bonds. The lowest BCUT2D eigenvalue weighted by atomic mass is 10.4. The molecule has 1 atom stereocenters. The van der Waals surface area contributed by atoms with Crippen molar-refractivity contribution in [2.75, 3.05) is 5.75 Å². The van der Waals surface area contributed by atoms with E-state index in [1.54, 1.807) is 0 Å². The summed E-state index contributed by atoms with van der Waals surface area (Å²) >= 11 is 7.87. The molecule has 1 aromatic carbocycles. The molecule has 0 heterocycles. The van der Waals surface area contributed by atoms with Crippen LogP contribution in [0.3, 0.4) is 0 Å². The summed E-state index contributed by atoms with van der Waals surface area (Å²) in [6.07, 6.45) is -4.60. The maximum Gasteiger partial charge on any atom is 0.402 e. The molecule has 0 spiro atoms. The molecule has 0 aromatic heterocycles. The van der Waals surface area contributed by atoms with Crippen LogP contribution in [0.4, 0.5) is 13.2 Å². The lowest BCUT2D eigenvalue weighted by Crippen LogP contribution is -2.30. The van der Waals surface area contributed by atoms with E-state index in [0.717, 1.165) is 0 Å². The van der Waals surface area contributed by atoms with Crippen LogP contribution < -0.4 is 0 Å². The predicted octanol–water partition coefficient (Wildman–Crippen LogP) is 3.44. The number of hydrogen-bond acceptors (Lipinski definition) is 2. The second-order valence-corrected chi connectivity index (χ2v) is 6.82. The van der Waals surface area contributed by atoms with Gasteiger partial charge < -0.3 is 0 Å². The van der Waals surface area contributed by atoms with Gasteiger partial charge in [0.1, 0.15) is 4.83 Å². The first kappa shape index (κ1) is 14.8. The Bertz CT molecular complexity index is 484. The monoisotopic (exact) mass is 350 g/mol. The molecule has 1 unspecified atom stereocenters. The van der Waals surface area contributed by atoms with Gasteiger partial charge in [-0.25, -0.2) is 8.42 Å². The molecule has 0 saturated heterocycles. The molecule has 17 heavy (non-hydrogen) atoms. The predicted molar refractivity (Wildman–Crippen MR) is 62.3 cm³/mol. The molecule has 0 aliphatic rings. The highest BCUT2D eigenvalue weighted by Crippen LogP contribution is 2.29. The van der Waals surface area contributed by atoms with Gasteiger partial charge in [0.05, 0.1) is 10.6 Å². The van der Waals surface area contributed by atoms with Crippen molar-refractivity contribution in [3.05, 3.63) is 29.3 Å². The number of halogens is 5. The zero-order chi connectivity index (χ0) is 13.3. The van der Waals surface area contributed by atoms with Gasteiger partial charge in [-0.2, -0.15) is 13.2 Å². The number of alkyl halides is 4. The van der Waals surface area contributed by atoms with Crippen molar-refractivity contribution in [2.24, 2.45) is 0 Å². The average Bonchev–Trinajstić information content (AvgIpc) is 2.16. The molecule has 0 aliphatic heterocycles. The lowest BCUT2D eigenvalue weighted by Gasteiger charge is -2.14. The van der Waals surface area contributed by atoms with Crippen molar-refractivity contribution in [3.63, 3.8) is 0 Å². The Labute approximate surface area is 110 Å². The molecular weight excluding hydrogens is 345 g/mol. The molecule has 0 aliphatic carbocycles. The standard InChI is InChI=1S/C9H7BrClF3O2S/c10-8(9(12,13)14)5-17(15,16)7-3-1-6(11)2-4-7/h1-4,8H,5H2. The summed E-state index contributed by atoms with van der Waals surface area (Å²) in [4.78, 5) is -2.27. The maximum absolute atomic E-state index is 12.2. The van der Waals surface area contributed by atoms with Crippen LogP contribution in [-0.4, -0.2) is 25.2 Å². The topological polar surface area (TPSA) is 34.1 Å². The summed E-state index contributed by atoms with van der Waals surface area (Å²) in [6, 6.07) is 4.97. The van der Waals surface area contributed by atoms with E-state index in [2.05, 4.69) is 15.9 Å². The van der Waals surface area contributed by atoms with Gasteiger partial charge in [0, 0.05) is 5.02 Å². The largest absolute Gasteiger partial charge is 0.402 e. The molecule has 1 rings (SSSR count). The fraction of sp³-hybridized carbons (Fsp3) is 0.333. The first-order valence-electron chi connectivity index (χ1n) is 4.32. The normalized spacial score (nSPS) is 14.6. The van der Waals surface area contributed by atoms with E-state index in [4.69, 9.17) is 11.6 Å². The Morgan fingerprint density at radius 2 is 1.71 bits per heavy atom. The number of benzene rings is 1. The Morgan fingerprint density at radius 3 is 2.12 bits per heavy atom. The van der Waals surface area contributed by atoms with E-state index in [9.17, 15) is 21.6 Å². The van der Waals surface area contributed by atoms with Crippen molar-refractivity contribution in [2.45, 2.75) is 15.9 Å². The molecule has 0 saturated carbocycles. The first-order chi connectivity index (χ1) is 7.63. The van der Waals surface area contributed by atoms with E-state index in [0.29, 0.717) is 5.02 Å². The maximum atomic E-state index is 12.2. The fourth-order valence-corrected chi connectivity index (χ4v) is 3.51.